The maximum absolute atomic E-state index is 13.6. The zero-order valence-corrected chi connectivity index (χ0v) is 18.4. The van der Waals surface area contributed by atoms with E-state index in [4.69, 9.17) is 13.9 Å². The van der Waals surface area contributed by atoms with Crippen LogP contribution in [-0.2, 0) is 9.84 Å². The standard InChI is InChI=1S/C24H19FN2O5S/c1-15-2-8-18(9-3-15)26-23-24(27-22(32-23)16-4-6-17(25)7-5-16)33(28,29)19-10-11-20-21(14-19)31-13-12-30-20/h2-11,14,26H,12-13H2,1H3. The molecule has 0 saturated heterocycles. The first-order valence-electron chi connectivity index (χ1n) is 10.2. The molecule has 1 aliphatic heterocycles. The fourth-order valence-electron chi connectivity index (χ4n) is 3.35. The van der Waals surface area contributed by atoms with Crippen LogP contribution in [0.4, 0.5) is 16.0 Å². The van der Waals surface area contributed by atoms with Gasteiger partial charge in [0.25, 0.3) is 0 Å². The van der Waals surface area contributed by atoms with E-state index in [0.717, 1.165) is 5.56 Å². The lowest BCUT2D eigenvalue weighted by molar-refractivity contribution is 0.171. The van der Waals surface area contributed by atoms with Crippen molar-refractivity contribution in [3.63, 3.8) is 0 Å². The maximum atomic E-state index is 13.6. The number of hydrogen-bond donors (Lipinski definition) is 1. The van der Waals surface area contributed by atoms with E-state index in [9.17, 15) is 12.8 Å². The van der Waals surface area contributed by atoms with Crippen molar-refractivity contribution in [2.24, 2.45) is 0 Å². The second-order valence-corrected chi connectivity index (χ2v) is 9.33. The van der Waals surface area contributed by atoms with Crippen LogP contribution in [0, 0.1) is 12.7 Å². The number of hydrogen-bond acceptors (Lipinski definition) is 7. The highest BCUT2D eigenvalue weighted by Crippen LogP contribution is 2.38. The number of ether oxygens (including phenoxy) is 2. The topological polar surface area (TPSA) is 90.7 Å². The normalized spacial score (nSPS) is 13.0. The van der Waals surface area contributed by atoms with Crippen LogP contribution in [0.2, 0.25) is 0 Å². The fraction of sp³-hybridized carbons (Fsp3) is 0.125. The lowest BCUT2D eigenvalue weighted by Crippen LogP contribution is -2.16. The van der Waals surface area contributed by atoms with Gasteiger partial charge in [0.2, 0.25) is 26.6 Å². The predicted octanol–water partition coefficient (Wildman–Crippen LogP) is 5.14. The Morgan fingerprint density at radius 3 is 2.33 bits per heavy atom. The number of sulfone groups is 1. The van der Waals surface area contributed by atoms with Crippen LogP contribution >= 0.6 is 0 Å². The van der Waals surface area contributed by atoms with E-state index in [-0.39, 0.29) is 21.7 Å². The van der Waals surface area contributed by atoms with Gasteiger partial charge in [0.1, 0.15) is 19.0 Å². The average molecular weight is 466 g/mol. The molecular formula is C24H19FN2O5S. The summed E-state index contributed by atoms with van der Waals surface area (Å²) in [4.78, 5) is 4.26. The van der Waals surface area contributed by atoms with Crippen LogP contribution in [-0.4, -0.2) is 26.6 Å². The van der Waals surface area contributed by atoms with Crippen molar-refractivity contribution in [1.82, 2.24) is 4.98 Å². The van der Waals surface area contributed by atoms with Crippen LogP contribution in [0.25, 0.3) is 11.5 Å². The number of aromatic nitrogens is 1. The number of rotatable bonds is 5. The molecule has 168 valence electrons. The summed E-state index contributed by atoms with van der Waals surface area (Å²) in [6.45, 7) is 2.67. The van der Waals surface area contributed by atoms with Crippen molar-refractivity contribution in [3.05, 3.63) is 78.1 Å². The molecule has 0 fully saturated rings. The van der Waals surface area contributed by atoms with Gasteiger partial charge in [-0.3, -0.25) is 0 Å². The minimum Gasteiger partial charge on any atom is -0.486 e. The van der Waals surface area contributed by atoms with Gasteiger partial charge in [0.15, 0.2) is 11.5 Å². The summed E-state index contributed by atoms with van der Waals surface area (Å²) in [7, 11) is -4.10. The molecule has 0 saturated carbocycles. The van der Waals surface area contributed by atoms with Crippen LogP contribution in [0.1, 0.15) is 5.56 Å². The molecule has 0 aliphatic carbocycles. The SMILES string of the molecule is Cc1ccc(Nc2oc(-c3ccc(F)cc3)nc2S(=O)(=O)c2ccc3c(c2)OCCO3)cc1. The van der Waals surface area contributed by atoms with E-state index >= 15 is 0 Å². The highest BCUT2D eigenvalue weighted by molar-refractivity contribution is 7.91. The van der Waals surface area contributed by atoms with Gasteiger partial charge in [0, 0.05) is 17.3 Å². The van der Waals surface area contributed by atoms with E-state index in [1.165, 1.54) is 36.4 Å². The van der Waals surface area contributed by atoms with Gasteiger partial charge in [0.05, 0.1) is 4.90 Å². The van der Waals surface area contributed by atoms with Crippen molar-refractivity contribution in [2.45, 2.75) is 16.8 Å². The lowest BCUT2D eigenvalue weighted by atomic mass is 10.2. The van der Waals surface area contributed by atoms with Gasteiger partial charge in [-0.15, -0.1) is 0 Å². The van der Waals surface area contributed by atoms with Gasteiger partial charge in [-0.05, 0) is 55.5 Å². The number of aryl methyl sites for hydroxylation is 1. The smallest absolute Gasteiger partial charge is 0.238 e. The Kier molecular flexibility index (Phi) is 5.26. The molecule has 1 aliphatic rings. The molecule has 7 nitrogen and oxygen atoms in total. The van der Waals surface area contributed by atoms with Crippen LogP contribution in [0.15, 0.2) is 81.1 Å². The van der Waals surface area contributed by atoms with Crippen molar-refractivity contribution in [3.8, 4) is 23.0 Å². The van der Waals surface area contributed by atoms with Gasteiger partial charge in [-0.1, -0.05) is 17.7 Å². The monoisotopic (exact) mass is 466 g/mol. The Bertz CT molecular complexity index is 1410. The van der Waals surface area contributed by atoms with Gasteiger partial charge >= 0.3 is 0 Å². The van der Waals surface area contributed by atoms with Crippen LogP contribution in [0.3, 0.4) is 0 Å². The summed E-state index contributed by atoms with van der Waals surface area (Å²) in [5.41, 5.74) is 2.11. The summed E-state index contributed by atoms with van der Waals surface area (Å²) >= 11 is 0. The third-order valence-electron chi connectivity index (χ3n) is 5.08. The zero-order valence-electron chi connectivity index (χ0n) is 17.5. The highest BCUT2D eigenvalue weighted by atomic mass is 32.2. The Balaban J connectivity index is 1.61. The zero-order chi connectivity index (χ0) is 23.0. The average Bonchev–Trinajstić information content (AvgIpc) is 3.25. The van der Waals surface area contributed by atoms with E-state index in [1.807, 2.05) is 19.1 Å². The van der Waals surface area contributed by atoms with E-state index in [2.05, 4.69) is 10.3 Å². The molecule has 0 spiro atoms. The Morgan fingerprint density at radius 2 is 1.61 bits per heavy atom. The quantitative estimate of drug-likeness (QED) is 0.436. The number of oxazole rings is 1. The Morgan fingerprint density at radius 1 is 0.909 bits per heavy atom. The molecule has 1 aromatic heterocycles. The number of nitrogens with one attached hydrogen (secondary N) is 1. The minimum absolute atomic E-state index is 0.0161. The summed E-state index contributed by atoms with van der Waals surface area (Å²) in [6.07, 6.45) is 0. The molecule has 1 N–H and O–H groups in total. The molecule has 0 amide bonds. The first-order valence-corrected chi connectivity index (χ1v) is 11.6. The highest BCUT2D eigenvalue weighted by Gasteiger charge is 2.30. The van der Waals surface area contributed by atoms with Crippen molar-refractivity contribution in [1.29, 1.82) is 0 Å². The molecular weight excluding hydrogens is 447 g/mol. The molecule has 3 aromatic carbocycles. The fourth-order valence-corrected chi connectivity index (χ4v) is 4.63. The predicted molar refractivity (Wildman–Crippen MR) is 119 cm³/mol. The Labute approximate surface area is 189 Å². The summed E-state index contributed by atoms with van der Waals surface area (Å²) in [5, 5.41) is 2.71. The van der Waals surface area contributed by atoms with Crippen LogP contribution in [0.5, 0.6) is 11.5 Å². The lowest BCUT2D eigenvalue weighted by Gasteiger charge is -2.18. The largest absolute Gasteiger partial charge is 0.486 e. The summed E-state index contributed by atoms with van der Waals surface area (Å²) in [6, 6.07) is 17.2. The summed E-state index contributed by atoms with van der Waals surface area (Å²) < 4.78 is 57.3. The third-order valence-corrected chi connectivity index (χ3v) is 6.74. The second kappa shape index (κ2) is 8.25. The molecule has 4 aromatic rings. The number of nitrogens with zero attached hydrogens (tertiary/aromatic N) is 1. The third kappa shape index (κ3) is 4.14. The molecule has 0 radical (unpaired) electrons. The van der Waals surface area contributed by atoms with Crippen molar-refractivity contribution >= 4 is 21.4 Å². The number of benzene rings is 3. The van der Waals surface area contributed by atoms with E-state index in [0.29, 0.717) is 36.0 Å². The first-order chi connectivity index (χ1) is 15.9. The molecule has 2 heterocycles. The second-order valence-electron chi connectivity index (χ2n) is 7.46. The van der Waals surface area contributed by atoms with Crippen LogP contribution < -0.4 is 14.8 Å². The minimum atomic E-state index is -4.10. The number of halogens is 1. The molecule has 0 atom stereocenters. The maximum Gasteiger partial charge on any atom is 0.238 e. The molecule has 0 bridgehead atoms. The van der Waals surface area contributed by atoms with Gasteiger partial charge in [-0.2, -0.15) is 4.98 Å². The summed E-state index contributed by atoms with van der Waals surface area (Å²) in [5.74, 6) is 0.393. The Hall–Kier alpha value is -3.85. The van der Waals surface area contributed by atoms with Gasteiger partial charge in [-0.25, -0.2) is 12.8 Å². The number of anilines is 2. The van der Waals surface area contributed by atoms with E-state index in [1.54, 1.807) is 18.2 Å². The number of fused-ring (bicyclic) bond motifs is 1. The molecule has 33 heavy (non-hydrogen) atoms. The van der Waals surface area contributed by atoms with Crippen molar-refractivity contribution in [2.75, 3.05) is 18.5 Å². The van der Waals surface area contributed by atoms with Gasteiger partial charge < -0.3 is 19.2 Å². The first kappa shape index (κ1) is 21.0. The molecule has 5 rings (SSSR count). The van der Waals surface area contributed by atoms with Crippen molar-refractivity contribution < 1.29 is 26.7 Å². The molecule has 9 heteroatoms. The van der Waals surface area contributed by atoms with E-state index < -0.39 is 15.7 Å². The molecule has 0 unspecified atom stereocenters.